The van der Waals surface area contributed by atoms with Crippen LogP contribution >= 0.6 is 0 Å². The second-order valence-electron chi connectivity index (χ2n) is 5.99. The Morgan fingerprint density at radius 1 is 1.00 bits per heavy atom. The second kappa shape index (κ2) is 9.03. The molecular weight excluding hydrogens is 330 g/mol. The summed E-state index contributed by atoms with van der Waals surface area (Å²) >= 11 is 0. The number of nitrogens with zero attached hydrogens (tertiary/aromatic N) is 2. The minimum Gasteiger partial charge on any atom is -0.379 e. The van der Waals surface area contributed by atoms with Gasteiger partial charge in [-0.3, -0.25) is 14.5 Å². The molecule has 1 N–H and O–H groups in total. The fourth-order valence-electron chi connectivity index (χ4n) is 2.69. The average molecular weight is 351 g/mol. The number of ketones is 1. The van der Waals surface area contributed by atoms with Crippen LogP contribution in [0.1, 0.15) is 10.4 Å². The summed E-state index contributed by atoms with van der Waals surface area (Å²) < 4.78 is 5.23. The third-order valence-corrected chi connectivity index (χ3v) is 4.12. The van der Waals surface area contributed by atoms with Crippen LogP contribution in [0.25, 0.3) is 11.1 Å². The van der Waals surface area contributed by atoms with E-state index in [1.807, 2.05) is 47.4 Å². The first-order valence-corrected chi connectivity index (χ1v) is 8.54. The number of Topliss-reactive ketones (excluding diaryl/α,β-unsaturated/α-hetero) is 1. The van der Waals surface area contributed by atoms with Crippen LogP contribution in [0.3, 0.4) is 0 Å². The number of rotatable bonds is 6. The predicted molar refractivity (Wildman–Crippen MR) is 100 cm³/mol. The molecule has 0 bridgehead atoms. The predicted octanol–water partition coefficient (Wildman–Crippen LogP) is 1.97. The molecule has 0 atom stereocenters. The Kier molecular flexibility index (Phi) is 6.24. The van der Waals surface area contributed by atoms with Crippen molar-refractivity contribution < 1.29 is 14.3 Å². The zero-order chi connectivity index (χ0) is 18.2. The van der Waals surface area contributed by atoms with Crippen LogP contribution in [0, 0.1) is 0 Å². The summed E-state index contributed by atoms with van der Waals surface area (Å²) in [5.41, 5.74) is 5.05. The molecule has 0 aliphatic carbocycles. The molecule has 0 radical (unpaired) electrons. The fraction of sp³-hybridized carbons (Fsp3) is 0.250. The molecule has 1 fully saturated rings. The number of carbonyl (C=O) groups is 2. The Hall–Kier alpha value is -2.83. The number of ether oxygens (including phenoxy) is 1. The Labute approximate surface area is 152 Å². The van der Waals surface area contributed by atoms with Gasteiger partial charge in [-0.15, -0.1) is 0 Å². The van der Waals surface area contributed by atoms with Crippen LogP contribution < -0.4 is 5.43 Å². The molecule has 0 saturated carbocycles. The molecule has 2 aromatic rings. The summed E-state index contributed by atoms with van der Waals surface area (Å²) in [6, 6.07) is 17.2. The van der Waals surface area contributed by atoms with Gasteiger partial charge in [0.1, 0.15) is 0 Å². The van der Waals surface area contributed by atoms with E-state index >= 15 is 0 Å². The smallest absolute Gasteiger partial charge is 0.254 e. The van der Waals surface area contributed by atoms with E-state index in [1.54, 1.807) is 12.1 Å². The van der Waals surface area contributed by atoms with E-state index in [2.05, 4.69) is 10.5 Å². The topological polar surface area (TPSA) is 71.0 Å². The van der Waals surface area contributed by atoms with Gasteiger partial charge in [0.2, 0.25) is 5.78 Å². The van der Waals surface area contributed by atoms with Crippen LogP contribution in [0.15, 0.2) is 59.7 Å². The Morgan fingerprint density at radius 2 is 1.65 bits per heavy atom. The van der Waals surface area contributed by atoms with Gasteiger partial charge in [0.25, 0.3) is 5.91 Å². The number of nitrogens with one attached hydrogen (secondary N) is 1. The number of hydrazone groups is 1. The minimum absolute atomic E-state index is 0.240. The van der Waals surface area contributed by atoms with Gasteiger partial charge in [-0.05, 0) is 11.1 Å². The van der Waals surface area contributed by atoms with Crippen LogP contribution in [0.4, 0.5) is 0 Å². The lowest BCUT2D eigenvalue weighted by atomic mass is 10.0. The summed E-state index contributed by atoms with van der Waals surface area (Å²) in [6.45, 7) is 2.97. The van der Waals surface area contributed by atoms with E-state index in [-0.39, 0.29) is 18.2 Å². The van der Waals surface area contributed by atoms with E-state index in [1.165, 1.54) is 0 Å². The molecule has 134 valence electrons. The maximum Gasteiger partial charge on any atom is 0.254 e. The Bertz CT molecular complexity index is 767. The highest BCUT2D eigenvalue weighted by molar-refractivity contribution is 6.35. The first-order valence-electron chi connectivity index (χ1n) is 8.54. The maximum atomic E-state index is 12.1. The monoisotopic (exact) mass is 351 g/mol. The molecule has 1 saturated heterocycles. The first-order chi connectivity index (χ1) is 12.7. The van der Waals surface area contributed by atoms with Crippen molar-refractivity contribution in [1.29, 1.82) is 0 Å². The van der Waals surface area contributed by atoms with Gasteiger partial charge in [-0.1, -0.05) is 54.6 Å². The quantitative estimate of drug-likeness (QED) is 0.491. The lowest BCUT2D eigenvalue weighted by Crippen LogP contribution is -2.42. The highest BCUT2D eigenvalue weighted by Gasteiger charge is 2.13. The lowest BCUT2D eigenvalue weighted by Gasteiger charge is -2.25. The summed E-state index contributed by atoms with van der Waals surface area (Å²) in [5, 5.41) is 3.76. The normalized spacial score (nSPS) is 15.1. The molecule has 0 aromatic heterocycles. The van der Waals surface area contributed by atoms with E-state index in [4.69, 9.17) is 4.74 Å². The number of benzene rings is 2. The van der Waals surface area contributed by atoms with Crippen molar-refractivity contribution in [2.45, 2.75) is 0 Å². The fourth-order valence-corrected chi connectivity index (χ4v) is 2.69. The van der Waals surface area contributed by atoms with Crippen LogP contribution in [-0.4, -0.2) is 55.7 Å². The van der Waals surface area contributed by atoms with Crippen molar-refractivity contribution in [2.75, 3.05) is 32.8 Å². The largest absolute Gasteiger partial charge is 0.379 e. The Balaban J connectivity index is 1.51. The standard InChI is InChI=1S/C20H21N3O3/c24-19(14-21-22-20(25)15-23-10-12-26-13-11-23)18-8-6-17(7-9-18)16-4-2-1-3-5-16/h1-9,14H,10-13,15H2,(H,22,25). The molecule has 26 heavy (non-hydrogen) atoms. The molecule has 1 aliphatic heterocycles. The molecule has 1 heterocycles. The molecule has 3 rings (SSSR count). The number of hydrogen-bond donors (Lipinski definition) is 1. The van der Waals surface area contributed by atoms with Crippen molar-refractivity contribution in [3.05, 3.63) is 60.2 Å². The van der Waals surface area contributed by atoms with Gasteiger partial charge in [0, 0.05) is 18.7 Å². The summed E-state index contributed by atoms with van der Waals surface area (Å²) in [6.07, 6.45) is 1.13. The third-order valence-electron chi connectivity index (χ3n) is 4.12. The summed E-state index contributed by atoms with van der Waals surface area (Å²) in [7, 11) is 0. The molecule has 0 unspecified atom stereocenters. The van der Waals surface area contributed by atoms with Crippen molar-refractivity contribution in [2.24, 2.45) is 5.10 Å². The van der Waals surface area contributed by atoms with E-state index in [9.17, 15) is 9.59 Å². The number of carbonyl (C=O) groups excluding carboxylic acids is 2. The van der Waals surface area contributed by atoms with Crippen LogP contribution in [0.2, 0.25) is 0 Å². The average Bonchev–Trinajstić information content (AvgIpc) is 2.69. The molecule has 1 aliphatic rings. The SMILES string of the molecule is O=C(CN1CCOCC1)NN=CC(=O)c1ccc(-c2ccccc2)cc1. The highest BCUT2D eigenvalue weighted by Crippen LogP contribution is 2.19. The number of hydrogen-bond acceptors (Lipinski definition) is 5. The van der Waals surface area contributed by atoms with Gasteiger partial charge in [-0.25, -0.2) is 5.43 Å². The van der Waals surface area contributed by atoms with Gasteiger partial charge in [-0.2, -0.15) is 5.10 Å². The van der Waals surface area contributed by atoms with E-state index in [0.717, 1.165) is 30.4 Å². The van der Waals surface area contributed by atoms with Crippen molar-refractivity contribution in [3.8, 4) is 11.1 Å². The molecule has 1 amide bonds. The van der Waals surface area contributed by atoms with Crippen molar-refractivity contribution in [3.63, 3.8) is 0 Å². The molecule has 2 aromatic carbocycles. The molecular formula is C20H21N3O3. The first kappa shape index (κ1) is 18.0. The van der Waals surface area contributed by atoms with Gasteiger partial charge < -0.3 is 4.74 Å². The van der Waals surface area contributed by atoms with Gasteiger partial charge in [0.15, 0.2) is 0 Å². The summed E-state index contributed by atoms with van der Waals surface area (Å²) in [4.78, 5) is 25.9. The van der Waals surface area contributed by atoms with E-state index in [0.29, 0.717) is 18.8 Å². The van der Waals surface area contributed by atoms with Crippen LogP contribution in [0.5, 0.6) is 0 Å². The minimum atomic E-state index is -0.253. The van der Waals surface area contributed by atoms with Gasteiger partial charge in [0.05, 0.1) is 26.0 Å². The van der Waals surface area contributed by atoms with Crippen molar-refractivity contribution >= 4 is 17.9 Å². The molecule has 6 heteroatoms. The van der Waals surface area contributed by atoms with Gasteiger partial charge >= 0.3 is 0 Å². The lowest BCUT2D eigenvalue weighted by molar-refractivity contribution is -0.123. The highest BCUT2D eigenvalue weighted by atomic mass is 16.5. The van der Waals surface area contributed by atoms with Crippen LogP contribution in [-0.2, 0) is 9.53 Å². The number of amides is 1. The van der Waals surface area contributed by atoms with Crippen molar-refractivity contribution in [1.82, 2.24) is 10.3 Å². The zero-order valence-electron chi connectivity index (χ0n) is 14.4. The Morgan fingerprint density at radius 3 is 2.35 bits per heavy atom. The number of morpholine rings is 1. The maximum absolute atomic E-state index is 12.1. The summed E-state index contributed by atoms with van der Waals surface area (Å²) in [5.74, 6) is -0.494. The second-order valence-corrected chi connectivity index (χ2v) is 5.99. The van der Waals surface area contributed by atoms with E-state index < -0.39 is 0 Å². The third kappa shape index (κ3) is 5.08. The molecule has 6 nitrogen and oxygen atoms in total. The zero-order valence-corrected chi connectivity index (χ0v) is 14.4. The molecule has 0 spiro atoms.